The number of para-hydroxylation sites is 1. The van der Waals surface area contributed by atoms with Crippen molar-refractivity contribution < 1.29 is 14.5 Å². The van der Waals surface area contributed by atoms with Gasteiger partial charge in [-0.1, -0.05) is 36.3 Å². The number of allylic oxidation sites excluding steroid dienone is 1. The molecule has 0 radical (unpaired) electrons. The Balaban J connectivity index is 2.40. The molecular formula is C19H12N2O4. The molecule has 0 bridgehead atoms. The van der Waals surface area contributed by atoms with E-state index >= 15 is 0 Å². The number of nitro benzene ring substituents is 1. The molecule has 0 fully saturated rings. The van der Waals surface area contributed by atoms with Gasteiger partial charge < -0.3 is 4.74 Å². The molecule has 2 aromatic carbocycles. The van der Waals surface area contributed by atoms with Crippen molar-refractivity contribution in [3.05, 3.63) is 75.3 Å². The zero-order valence-corrected chi connectivity index (χ0v) is 13.0. The summed E-state index contributed by atoms with van der Waals surface area (Å²) in [5.41, 5.74) is 0.176. The Kier molecular flexibility index (Phi) is 5.65. The second-order valence-electron chi connectivity index (χ2n) is 4.84. The minimum Gasteiger partial charge on any atom is -0.480 e. The molecule has 6 nitrogen and oxygen atoms in total. The van der Waals surface area contributed by atoms with Crippen molar-refractivity contribution in [1.29, 1.82) is 5.26 Å². The van der Waals surface area contributed by atoms with Crippen molar-refractivity contribution in [2.45, 2.75) is 0 Å². The smallest absolute Gasteiger partial charge is 0.270 e. The number of ether oxygens (including phenoxy) is 1. The van der Waals surface area contributed by atoms with Crippen molar-refractivity contribution in [1.82, 2.24) is 0 Å². The van der Waals surface area contributed by atoms with Crippen LogP contribution in [0.4, 0.5) is 5.69 Å². The highest BCUT2D eigenvalue weighted by molar-refractivity contribution is 6.14. The summed E-state index contributed by atoms with van der Waals surface area (Å²) in [5, 5.41) is 20.2. The van der Waals surface area contributed by atoms with Crippen LogP contribution in [0.5, 0.6) is 5.75 Å². The van der Waals surface area contributed by atoms with Gasteiger partial charge in [0.25, 0.3) is 5.69 Å². The molecule has 0 N–H and O–H groups in total. The lowest BCUT2D eigenvalue weighted by Crippen LogP contribution is -2.03. The van der Waals surface area contributed by atoms with Gasteiger partial charge >= 0.3 is 0 Å². The van der Waals surface area contributed by atoms with Crippen LogP contribution in [0.15, 0.2) is 54.1 Å². The van der Waals surface area contributed by atoms with Crippen LogP contribution in [-0.4, -0.2) is 17.3 Å². The Morgan fingerprint density at radius 2 is 2.04 bits per heavy atom. The zero-order chi connectivity index (χ0) is 18.2. The topological polar surface area (TPSA) is 93.2 Å². The van der Waals surface area contributed by atoms with Gasteiger partial charge in [0.2, 0.25) is 5.78 Å². The Labute approximate surface area is 144 Å². The Bertz CT molecular complexity index is 933. The number of rotatable bonds is 6. The van der Waals surface area contributed by atoms with E-state index in [-0.39, 0.29) is 23.4 Å². The lowest BCUT2D eigenvalue weighted by molar-refractivity contribution is -0.384. The monoisotopic (exact) mass is 332 g/mol. The van der Waals surface area contributed by atoms with E-state index in [1.165, 1.54) is 24.3 Å². The molecule has 0 aliphatic rings. The summed E-state index contributed by atoms with van der Waals surface area (Å²) >= 11 is 0. The standard InChI is InChI=1S/C19H12N2O4/c1-2-10-25-18-9-4-3-6-14(18)11-16(13-20)19(22)15-7-5-8-17(12-15)21(23)24/h1,3-9,11-12H,10H2/b16-11+. The molecule has 2 aromatic rings. The summed E-state index contributed by atoms with van der Waals surface area (Å²) in [7, 11) is 0. The highest BCUT2D eigenvalue weighted by Gasteiger charge is 2.16. The van der Waals surface area contributed by atoms with Crippen molar-refractivity contribution in [3.63, 3.8) is 0 Å². The Morgan fingerprint density at radius 3 is 2.72 bits per heavy atom. The third-order valence-corrected chi connectivity index (χ3v) is 3.21. The lowest BCUT2D eigenvalue weighted by atomic mass is 10.0. The summed E-state index contributed by atoms with van der Waals surface area (Å²) in [6.07, 6.45) is 6.53. The first-order valence-corrected chi connectivity index (χ1v) is 7.13. The number of nitro groups is 1. The number of carbonyl (C=O) groups excluding carboxylic acids is 1. The molecule has 0 heterocycles. The number of hydrogen-bond donors (Lipinski definition) is 0. The highest BCUT2D eigenvalue weighted by atomic mass is 16.6. The number of benzene rings is 2. The quantitative estimate of drug-likeness (QED) is 0.202. The normalized spacial score (nSPS) is 10.4. The van der Waals surface area contributed by atoms with Crippen molar-refractivity contribution in [3.8, 4) is 24.2 Å². The van der Waals surface area contributed by atoms with Crippen molar-refractivity contribution in [2.75, 3.05) is 6.61 Å². The first kappa shape index (κ1) is 17.5. The van der Waals surface area contributed by atoms with E-state index in [1.54, 1.807) is 24.3 Å². The maximum atomic E-state index is 12.5. The first-order valence-electron chi connectivity index (χ1n) is 7.13. The van der Waals surface area contributed by atoms with Crippen LogP contribution >= 0.6 is 0 Å². The third kappa shape index (κ3) is 4.31. The summed E-state index contributed by atoms with van der Waals surface area (Å²) in [4.78, 5) is 22.7. The molecule has 0 aromatic heterocycles. The van der Waals surface area contributed by atoms with Crippen LogP contribution in [0.25, 0.3) is 6.08 Å². The van der Waals surface area contributed by atoms with Gasteiger partial charge in [0.15, 0.2) is 0 Å². The molecule has 0 saturated heterocycles. The van der Waals surface area contributed by atoms with E-state index in [9.17, 15) is 20.2 Å². The maximum absolute atomic E-state index is 12.5. The van der Waals surface area contributed by atoms with Crippen LogP contribution in [0.3, 0.4) is 0 Å². The number of carbonyl (C=O) groups is 1. The van der Waals surface area contributed by atoms with E-state index in [0.29, 0.717) is 11.3 Å². The number of nitriles is 1. The largest absolute Gasteiger partial charge is 0.480 e. The molecule has 0 saturated carbocycles. The molecule has 0 aliphatic heterocycles. The number of hydrogen-bond acceptors (Lipinski definition) is 5. The highest BCUT2D eigenvalue weighted by Crippen LogP contribution is 2.23. The summed E-state index contributed by atoms with van der Waals surface area (Å²) in [6.45, 7) is 0.0472. The van der Waals surface area contributed by atoms with Gasteiger partial charge in [0.1, 0.15) is 24.0 Å². The molecule has 25 heavy (non-hydrogen) atoms. The van der Waals surface area contributed by atoms with Gasteiger partial charge in [-0.15, -0.1) is 6.42 Å². The molecule has 0 spiro atoms. The Morgan fingerprint density at radius 1 is 1.28 bits per heavy atom. The predicted molar refractivity (Wildman–Crippen MR) is 91.8 cm³/mol. The van der Waals surface area contributed by atoms with E-state index < -0.39 is 10.7 Å². The van der Waals surface area contributed by atoms with Crippen LogP contribution in [0, 0.1) is 33.8 Å². The minimum atomic E-state index is -0.613. The van der Waals surface area contributed by atoms with Gasteiger partial charge in [-0.25, -0.2) is 0 Å². The van der Waals surface area contributed by atoms with Gasteiger partial charge in [-0.05, 0) is 12.1 Å². The fraction of sp³-hybridized carbons (Fsp3) is 0.0526. The number of ketones is 1. The molecule has 2 rings (SSSR count). The molecular weight excluding hydrogens is 320 g/mol. The molecule has 6 heteroatoms. The lowest BCUT2D eigenvalue weighted by Gasteiger charge is -2.06. The Hall–Kier alpha value is -3.90. The zero-order valence-electron chi connectivity index (χ0n) is 13.0. The number of terminal acetylenes is 1. The average Bonchev–Trinajstić information content (AvgIpc) is 2.64. The van der Waals surface area contributed by atoms with E-state index in [2.05, 4.69) is 5.92 Å². The van der Waals surface area contributed by atoms with E-state index in [0.717, 1.165) is 6.07 Å². The summed E-state index contributed by atoms with van der Waals surface area (Å²) in [6, 6.07) is 13.8. The molecule has 0 aliphatic carbocycles. The van der Waals surface area contributed by atoms with Crippen LogP contribution in [0.1, 0.15) is 15.9 Å². The fourth-order valence-corrected chi connectivity index (χ4v) is 2.07. The number of non-ortho nitro benzene ring substituents is 1. The second-order valence-corrected chi connectivity index (χ2v) is 4.84. The van der Waals surface area contributed by atoms with Gasteiger partial charge in [-0.2, -0.15) is 5.26 Å². The summed E-state index contributed by atoms with van der Waals surface area (Å²) in [5.74, 6) is 2.16. The molecule has 0 unspecified atom stereocenters. The fourth-order valence-electron chi connectivity index (χ4n) is 2.07. The summed E-state index contributed by atoms with van der Waals surface area (Å²) < 4.78 is 5.38. The van der Waals surface area contributed by atoms with Gasteiger partial charge in [0, 0.05) is 23.3 Å². The SMILES string of the molecule is C#CCOc1ccccc1/C=C(\C#N)C(=O)c1cccc([N+](=O)[O-])c1. The second kappa shape index (κ2) is 8.09. The maximum Gasteiger partial charge on any atom is 0.270 e. The van der Waals surface area contributed by atoms with E-state index in [1.807, 2.05) is 6.07 Å². The van der Waals surface area contributed by atoms with Gasteiger partial charge in [0.05, 0.1) is 4.92 Å². The van der Waals surface area contributed by atoms with E-state index in [4.69, 9.17) is 11.2 Å². The first-order chi connectivity index (χ1) is 12.1. The van der Waals surface area contributed by atoms with Crippen LogP contribution in [-0.2, 0) is 0 Å². The molecule has 0 amide bonds. The third-order valence-electron chi connectivity index (χ3n) is 3.21. The van der Waals surface area contributed by atoms with Crippen molar-refractivity contribution >= 4 is 17.5 Å². The number of Topliss-reactive ketones (excluding diaryl/α,β-unsaturated/α-hetero) is 1. The predicted octanol–water partition coefficient (Wildman–Crippen LogP) is 3.40. The molecule has 0 atom stereocenters. The van der Waals surface area contributed by atoms with Crippen LogP contribution < -0.4 is 4.74 Å². The van der Waals surface area contributed by atoms with Crippen LogP contribution in [0.2, 0.25) is 0 Å². The van der Waals surface area contributed by atoms with Gasteiger partial charge in [-0.3, -0.25) is 14.9 Å². The van der Waals surface area contributed by atoms with Crippen molar-refractivity contribution in [2.24, 2.45) is 0 Å². The number of nitrogens with zero attached hydrogens (tertiary/aromatic N) is 2. The minimum absolute atomic E-state index is 0.0472. The average molecular weight is 332 g/mol. The molecule has 122 valence electrons.